The lowest BCUT2D eigenvalue weighted by Gasteiger charge is -2.35. The third-order valence-corrected chi connectivity index (χ3v) is 7.25. The van der Waals surface area contributed by atoms with Crippen molar-refractivity contribution in [1.82, 2.24) is 9.80 Å². The van der Waals surface area contributed by atoms with Crippen LogP contribution in [0.15, 0.2) is 42.5 Å². The molecule has 2 saturated heterocycles. The number of nitrogens with zero attached hydrogens (tertiary/aromatic N) is 3. The summed E-state index contributed by atoms with van der Waals surface area (Å²) in [6.07, 6.45) is 1.45. The zero-order chi connectivity index (χ0) is 25.3. The van der Waals surface area contributed by atoms with Crippen LogP contribution >= 0.6 is 0 Å². The molecular formula is C29H39N3O4. The van der Waals surface area contributed by atoms with Crippen LogP contribution in [-0.2, 0) is 22.5 Å². The fraction of sp³-hybridized carbons (Fsp3) is 0.552. The molecule has 7 nitrogen and oxygen atoms in total. The zero-order valence-corrected chi connectivity index (χ0v) is 22.0. The molecule has 0 aromatic heterocycles. The highest BCUT2D eigenvalue weighted by Crippen LogP contribution is 2.34. The Hall–Kier alpha value is -2.77. The Labute approximate surface area is 214 Å². The molecule has 194 valence electrons. The summed E-state index contributed by atoms with van der Waals surface area (Å²) < 4.78 is 17.9. The van der Waals surface area contributed by atoms with Gasteiger partial charge in [-0.05, 0) is 68.8 Å². The van der Waals surface area contributed by atoms with Gasteiger partial charge in [-0.2, -0.15) is 0 Å². The van der Waals surface area contributed by atoms with E-state index < -0.39 is 5.60 Å². The average Bonchev–Trinajstić information content (AvgIpc) is 3.32. The molecule has 0 bridgehead atoms. The normalized spacial score (nSPS) is 22.9. The molecule has 2 aromatic rings. The molecule has 3 heterocycles. The van der Waals surface area contributed by atoms with E-state index in [9.17, 15) is 4.79 Å². The van der Waals surface area contributed by atoms with E-state index in [0.29, 0.717) is 19.7 Å². The average molecular weight is 494 g/mol. The Balaban J connectivity index is 1.15. The molecule has 3 aliphatic heterocycles. The van der Waals surface area contributed by atoms with Gasteiger partial charge >= 0.3 is 6.09 Å². The zero-order valence-electron chi connectivity index (χ0n) is 22.0. The summed E-state index contributed by atoms with van der Waals surface area (Å²) in [6, 6.07) is 15.1. The number of hydrogen-bond donors (Lipinski definition) is 0. The van der Waals surface area contributed by atoms with Crippen LogP contribution in [0.4, 0.5) is 10.5 Å². The minimum absolute atomic E-state index is 0.0179. The Morgan fingerprint density at radius 1 is 0.972 bits per heavy atom. The third-order valence-electron chi connectivity index (χ3n) is 7.25. The summed E-state index contributed by atoms with van der Waals surface area (Å²) in [7, 11) is 2.19. The second kappa shape index (κ2) is 10.3. The smallest absolute Gasteiger partial charge is 0.410 e. The number of hydrogen-bond acceptors (Lipinski definition) is 6. The lowest BCUT2D eigenvalue weighted by molar-refractivity contribution is 0.0268. The van der Waals surface area contributed by atoms with Crippen molar-refractivity contribution in [3.8, 4) is 5.75 Å². The molecule has 2 fully saturated rings. The number of likely N-dealkylation sites (tertiary alicyclic amines) is 1. The maximum atomic E-state index is 12.3. The molecule has 0 saturated carbocycles. The minimum Gasteiger partial charge on any atom is -0.489 e. The van der Waals surface area contributed by atoms with Crippen molar-refractivity contribution >= 4 is 11.8 Å². The van der Waals surface area contributed by atoms with E-state index in [-0.39, 0.29) is 18.3 Å². The highest BCUT2D eigenvalue weighted by atomic mass is 16.6. The van der Waals surface area contributed by atoms with Gasteiger partial charge in [-0.15, -0.1) is 0 Å². The molecule has 3 aliphatic rings. The Bertz CT molecular complexity index is 1060. The number of piperazine rings is 1. The number of carbonyl (C=O) groups is 1. The van der Waals surface area contributed by atoms with Crippen LogP contribution in [0.2, 0.25) is 0 Å². The van der Waals surface area contributed by atoms with Crippen molar-refractivity contribution in [1.29, 1.82) is 0 Å². The van der Waals surface area contributed by atoms with Crippen molar-refractivity contribution in [3.63, 3.8) is 0 Å². The Kier molecular flexibility index (Phi) is 7.13. The third kappa shape index (κ3) is 5.95. The van der Waals surface area contributed by atoms with E-state index in [1.54, 1.807) is 4.90 Å². The highest BCUT2D eigenvalue weighted by molar-refractivity contribution is 5.68. The molecule has 0 aliphatic carbocycles. The topological polar surface area (TPSA) is 54.5 Å². The van der Waals surface area contributed by atoms with Gasteiger partial charge in [-0.3, -0.25) is 0 Å². The summed E-state index contributed by atoms with van der Waals surface area (Å²) in [5.74, 6) is 0.822. The fourth-order valence-corrected chi connectivity index (χ4v) is 5.14. The minimum atomic E-state index is -0.486. The van der Waals surface area contributed by atoms with Crippen molar-refractivity contribution in [3.05, 3.63) is 59.2 Å². The fourth-order valence-electron chi connectivity index (χ4n) is 5.14. The molecular weight excluding hydrogens is 454 g/mol. The summed E-state index contributed by atoms with van der Waals surface area (Å²) in [5.41, 5.74) is 4.66. The second-order valence-corrected chi connectivity index (χ2v) is 11.3. The SMILES string of the molecule is CN1CCN(c2ccc3c(c2)CO[C@H](c2ccc(OC4CCN(C(=O)OC(C)(C)C)C4)cc2)C3)CC1. The van der Waals surface area contributed by atoms with Gasteiger partial charge in [0, 0.05) is 51.3 Å². The Morgan fingerprint density at radius 2 is 1.72 bits per heavy atom. The van der Waals surface area contributed by atoms with Crippen LogP contribution < -0.4 is 9.64 Å². The van der Waals surface area contributed by atoms with Crippen molar-refractivity contribution in [2.45, 2.75) is 58.0 Å². The molecule has 5 rings (SSSR count). The van der Waals surface area contributed by atoms with Gasteiger partial charge in [0.2, 0.25) is 0 Å². The van der Waals surface area contributed by atoms with Gasteiger partial charge in [0.05, 0.1) is 19.3 Å². The number of carbonyl (C=O) groups excluding carboxylic acids is 1. The summed E-state index contributed by atoms with van der Waals surface area (Å²) in [6.45, 7) is 11.9. The van der Waals surface area contributed by atoms with Crippen LogP contribution in [0.5, 0.6) is 5.75 Å². The van der Waals surface area contributed by atoms with Crippen LogP contribution in [0.3, 0.4) is 0 Å². The number of anilines is 1. The van der Waals surface area contributed by atoms with Crippen LogP contribution in [0.1, 0.15) is 50.0 Å². The first kappa shape index (κ1) is 24.9. The molecule has 0 spiro atoms. The quantitative estimate of drug-likeness (QED) is 0.619. The predicted octanol–water partition coefficient (Wildman–Crippen LogP) is 4.64. The number of rotatable bonds is 4. The molecule has 0 N–H and O–H groups in total. The van der Waals surface area contributed by atoms with E-state index in [4.69, 9.17) is 14.2 Å². The van der Waals surface area contributed by atoms with E-state index >= 15 is 0 Å². The number of amides is 1. The van der Waals surface area contributed by atoms with Crippen molar-refractivity contribution < 1.29 is 19.0 Å². The van der Waals surface area contributed by atoms with E-state index in [1.165, 1.54) is 16.8 Å². The van der Waals surface area contributed by atoms with Gasteiger partial charge in [0.25, 0.3) is 0 Å². The first-order valence-electron chi connectivity index (χ1n) is 13.1. The van der Waals surface area contributed by atoms with Gasteiger partial charge in [-0.25, -0.2) is 4.79 Å². The summed E-state index contributed by atoms with van der Waals surface area (Å²) >= 11 is 0. The van der Waals surface area contributed by atoms with E-state index in [0.717, 1.165) is 50.3 Å². The second-order valence-electron chi connectivity index (χ2n) is 11.3. The van der Waals surface area contributed by atoms with Crippen LogP contribution in [0, 0.1) is 0 Å². The summed E-state index contributed by atoms with van der Waals surface area (Å²) in [4.78, 5) is 18.9. The first-order chi connectivity index (χ1) is 17.2. The van der Waals surface area contributed by atoms with Crippen LogP contribution in [0.25, 0.3) is 0 Å². The molecule has 36 heavy (non-hydrogen) atoms. The molecule has 2 atom stereocenters. The largest absolute Gasteiger partial charge is 0.489 e. The van der Waals surface area contributed by atoms with Crippen LogP contribution in [-0.4, -0.2) is 73.9 Å². The monoisotopic (exact) mass is 493 g/mol. The number of fused-ring (bicyclic) bond motifs is 1. The maximum Gasteiger partial charge on any atom is 0.410 e. The van der Waals surface area contributed by atoms with Gasteiger partial charge in [0.1, 0.15) is 17.5 Å². The number of likely N-dealkylation sites (N-methyl/N-ethyl adjacent to an activating group) is 1. The lowest BCUT2D eigenvalue weighted by Crippen LogP contribution is -2.44. The van der Waals surface area contributed by atoms with E-state index in [1.807, 2.05) is 32.9 Å². The number of benzene rings is 2. The highest BCUT2D eigenvalue weighted by Gasteiger charge is 2.31. The van der Waals surface area contributed by atoms with E-state index in [2.05, 4.69) is 47.2 Å². The standard InChI is InChI=1S/C29H39N3O4/c1-29(2,3)36-28(33)32-12-11-26(19-32)35-25-9-6-21(7-10-25)27-18-22-5-8-24(17-23(22)20-34-27)31-15-13-30(4)14-16-31/h5-10,17,26-27H,11-16,18-20H2,1-4H3/t26?,27-/m0/s1. The van der Waals surface area contributed by atoms with Gasteiger partial charge < -0.3 is 28.9 Å². The molecule has 2 aromatic carbocycles. The Morgan fingerprint density at radius 3 is 2.44 bits per heavy atom. The summed E-state index contributed by atoms with van der Waals surface area (Å²) in [5, 5.41) is 0. The number of ether oxygens (including phenoxy) is 3. The van der Waals surface area contributed by atoms with Gasteiger partial charge in [-0.1, -0.05) is 18.2 Å². The molecule has 0 radical (unpaired) electrons. The first-order valence-corrected chi connectivity index (χ1v) is 13.1. The molecule has 1 unspecified atom stereocenters. The molecule has 1 amide bonds. The maximum absolute atomic E-state index is 12.3. The van der Waals surface area contributed by atoms with Crippen molar-refractivity contribution in [2.75, 3.05) is 51.2 Å². The lowest BCUT2D eigenvalue weighted by atomic mass is 9.94. The molecule has 7 heteroatoms. The predicted molar refractivity (Wildman–Crippen MR) is 141 cm³/mol. The van der Waals surface area contributed by atoms with Crippen molar-refractivity contribution in [2.24, 2.45) is 0 Å². The van der Waals surface area contributed by atoms with Gasteiger partial charge in [0.15, 0.2) is 0 Å².